The fourth-order valence-electron chi connectivity index (χ4n) is 1.22. The SMILES string of the molecule is O=C(Nc1nn[nH]n1)c1ccc(OCC(F)(F)C(F)F)nc1. The predicted octanol–water partition coefficient (Wildman–Crippen LogP) is 1.13. The van der Waals surface area contributed by atoms with Gasteiger partial charge in [0.25, 0.3) is 11.9 Å². The molecule has 0 aromatic carbocycles. The number of carbonyl (C=O) groups excluding carboxylic acids is 1. The summed E-state index contributed by atoms with van der Waals surface area (Å²) < 4.78 is 53.7. The van der Waals surface area contributed by atoms with Crippen LogP contribution in [0.15, 0.2) is 18.3 Å². The zero-order valence-corrected chi connectivity index (χ0v) is 10.6. The highest BCUT2D eigenvalue weighted by atomic mass is 19.3. The van der Waals surface area contributed by atoms with E-state index in [1.807, 2.05) is 0 Å². The van der Waals surface area contributed by atoms with Gasteiger partial charge in [-0.3, -0.25) is 10.1 Å². The van der Waals surface area contributed by atoms with Gasteiger partial charge in [-0.15, -0.1) is 5.10 Å². The van der Waals surface area contributed by atoms with Crippen molar-refractivity contribution < 1.29 is 27.1 Å². The Labute approximate surface area is 119 Å². The molecule has 8 nitrogen and oxygen atoms in total. The summed E-state index contributed by atoms with van der Waals surface area (Å²) in [7, 11) is 0. The summed E-state index contributed by atoms with van der Waals surface area (Å²) in [5, 5.41) is 14.6. The number of carbonyl (C=O) groups is 1. The van der Waals surface area contributed by atoms with E-state index >= 15 is 0 Å². The normalized spacial score (nSPS) is 11.5. The van der Waals surface area contributed by atoms with E-state index in [1.165, 1.54) is 6.07 Å². The summed E-state index contributed by atoms with van der Waals surface area (Å²) >= 11 is 0. The van der Waals surface area contributed by atoms with Crippen molar-refractivity contribution in [2.24, 2.45) is 0 Å². The lowest BCUT2D eigenvalue weighted by Crippen LogP contribution is -2.33. The summed E-state index contributed by atoms with van der Waals surface area (Å²) in [6.07, 6.45) is -2.82. The molecule has 2 rings (SSSR count). The summed E-state index contributed by atoms with van der Waals surface area (Å²) in [5.74, 6) is -5.30. The summed E-state index contributed by atoms with van der Waals surface area (Å²) in [5.41, 5.74) is 0.0535. The number of halogens is 4. The number of aromatic amines is 1. The third-order valence-corrected chi connectivity index (χ3v) is 2.30. The zero-order valence-electron chi connectivity index (χ0n) is 10.6. The molecular weight excluding hydrogens is 312 g/mol. The van der Waals surface area contributed by atoms with E-state index in [9.17, 15) is 22.4 Å². The van der Waals surface area contributed by atoms with E-state index in [1.54, 1.807) is 0 Å². The first-order valence-corrected chi connectivity index (χ1v) is 5.68. The molecule has 0 atom stereocenters. The standard InChI is InChI=1S/C10H8F4N6O2/c11-8(12)10(13,14)4-22-6-2-1-5(3-15-6)7(21)16-9-17-19-20-18-9/h1-3,8H,4H2,(H2,16,17,18,19,20,21). The smallest absolute Gasteiger partial charge is 0.340 e. The minimum absolute atomic E-state index is 0.0535. The molecule has 118 valence electrons. The maximum Gasteiger partial charge on any atom is 0.340 e. The minimum atomic E-state index is -4.28. The van der Waals surface area contributed by atoms with E-state index in [0.29, 0.717) is 0 Å². The Bertz CT molecular complexity index is 619. The van der Waals surface area contributed by atoms with Gasteiger partial charge in [0.1, 0.15) is 0 Å². The lowest BCUT2D eigenvalue weighted by atomic mass is 10.2. The molecule has 2 aromatic rings. The Morgan fingerprint density at radius 3 is 2.73 bits per heavy atom. The van der Waals surface area contributed by atoms with Crippen LogP contribution in [0.1, 0.15) is 10.4 Å². The molecule has 0 spiro atoms. The molecule has 1 amide bonds. The van der Waals surface area contributed by atoms with Crippen LogP contribution in [-0.4, -0.2) is 50.5 Å². The van der Waals surface area contributed by atoms with Gasteiger partial charge in [0.2, 0.25) is 5.88 Å². The van der Waals surface area contributed by atoms with Crippen molar-refractivity contribution in [1.29, 1.82) is 0 Å². The number of pyridine rings is 1. The third-order valence-electron chi connectivity index (χ3n) is 2.30. The molecule has 0 saturated heterocycles. The van der Waals surface area contributed by atoms with Gasteiger partial charge < -0.3 is 4.74 Å². The second kappa shape index (κ2) is 6.32. The Hall–Kier alpha value is -2.79. The Morgan fingerprint density at radius 2 is 2.18 bits per heavy atom. The summed E-state index contributed by atoms with van der Waals surface area (Å²) in [4.78, 5) is 15.3. The molecule has 0 aliphatic rings. The summed E-state index contributed by atoms with van der Waals surface area (Å²) in [6, 6.07) is 2.30. The molecular formula is C10H8F4N6O2. The Balaban J connectivity index is 1.94. The van der Waals surface area contributed by atoms with Crippen LogP contribution in [0.4, 0.5) is 23.5 Å². The van der Waals surface area contributed by atoms with Crippen molar-refractivity contribution in [2.75, 3.05) is 11.9 Å². The molecule has 0 aliphatic heterocycles. The number of H-pyrrole nitrogens is 1. The van der Waals surface area contributed by atoms with Gasteiger partial charge in [-0.2, -0.15) is 14.0 Å². The zero-order chi connectivity index (χ0) is 16.2. The van der Waals surface area contributed by atoms with E-state index in [-0.39, 0.29) is 17.4 Å². The quantitative estimate of drug-likeness (QED) is 0.773. The molecule has 0 bridgehead atoms. The number of nitrogens with one attached hydrogen (secondary N) is 2. The first-order valence-electron chi connectivity index (χ1n) is 5.68. The Morgan fingerprint density at radius 1 is 1.41 bits per heavy atom. The third kappa shape index (κ3) is 3.86. The van der Waals surface area contributed by atoms with Gasteiger partial charge in [0.05, 0.1) is 5.56 Å². The fraction of sp³-hybridized carbons (Fsp3) is 0.300. The molecule has 12 heteroatoms. The largest absolute Gasteiger partial charge is 0.471 e. The van der Waals surface area contributed by atoms with Gasteiger partial charge >= 0.3 is 12.3 Å². The number of tetrazole rings is 1. The maximum atomic E-state index is 12.7. The molecule has 0 saturated carbocycles. The van der Waals surface area contributed by atoms with Crippen LogP contribution in [0.25, 0.3) is 0 Å². The Kier molecular flexibility index (Phi) is 4.48. The predicted molar refractivity (Wildman–Crippen MR) is 62.8 cm³/mol. The van der Waals surface area contributed by atoms with Crippen LogP contribution in [0, 0.1) is 0 Å². The van der Waals surface area contributed by atoms with Gasteiger partial charge in [-0.1, -0.05) is 5.10 Å². The average Bonchev–Trinajstić information content (AvgIpc) is 2.98. The van der Waals surface area contributed by atoms with Crippen LogP contribution in [0.2, 0.25) is 0 Å². The van der Waals surface area contributed by atoms with Crippen LogP contribution in [0.3, 0.4) is 0 Å². The van der Waals surface area contributed by atoms with Crippen molar-refractivity contribution >= 4 is 11.9 Å². The molecule has 2 aromatic heterocycles. The second-order valence-corrected chi connectivity index (χ2v) is 3.93. The molecule has 0 fully saturated rings. The molecule has 0 radical (unpaired) electrons. The first-order chi connectivity index (χ1) is 10.4. The van der Waals surface area contributed by atoms with Gasteiger partial charge in [0, 0.05) is 12.3 Å². The van der Waals surface area contributed by atoms with Crippen molar-refractivity contribution in [1.82, 2.24) is 25.6 Å². The highest BCUT2D eigenvalue weighted by molar-refractivity contribution is 6.03. The van der Waals surface area contributed by atoms with Crippen molar-refractivity contribution in [3.8, 4) is 5.88 Å². The van der Waals surface area contributed by atoms with E-state index < -0.39 is 24.9 Å². The maximum absolute atomic E-state index is 12.7. The first kappa shape index (κ1) is 15.6. The number of hydrogen-bond acceptors (Lipinski definition) is 6. The van der Waals surface area contributed by atoms with Crippen LogP contribution in [-0.2, 0) is 0 Å². The number of nitrogens with zero attached hydrogens (tertiary/aromatic N) is 4. The monoisotopic (exact) mass is 320 g/mol. The van der Waals surface area contributed by atoms with Crippen molar-refractivity contribution in [3.63, 3.8) is 0 Å². The molecule has 2 N–H and O–H groups in total. The number of ether oxygens (including phenoxy) is 1. The lowest BCUT2D eigenvalue weighted by Gasteiger charge is -2.15. The van der Waals surface area contributed by atoms with Crippen molar-refractivity contribution in [2.45, 2.75) is 12.3 Å². The minimum Gasteiger partial charge on any atom is -0.471 e. The molecule has 22 heavy (non-hydrogen) atoms. The second-order valence-electron chi connectivity index (χ2n) is 3.93. The average molecular weight is 320 g/mol. The number of rotatable bonds is 6. The molecule has 0 unspecified atom stereocenters. The van der Waals surface area contributed by atoms with Gasteiger partial charge in [0.15, 0.2) is 6.61 Å². The van der Waals surface area contributed by atoms with Crippen molar-refractivity contribution in [3.05, 3.63) is 23.9 Å². The van der Waals surface area contributed by atoms with E-state index in [4.69, 9.17) is 0 Å². The highest BCUT2D eigenvalue weighted by Crippen LogP contribution is 2.23. The van der Waals surface area contributed by atoms with E-state index in [0.717, 1.165) is 12.3 Å². The number of alkyl halides is 4. The number of aromatic nitrogens is 5. The molecule has 0 aliphatic carbocycles. The van der Waals surface area contributed by atoms with E-state index in [2.05, 4.69) is 35.7 Å². The topological polar surface area (TPSA) is 106 Å². The lowest BCUT2D eigenvalue weighted by molar-refractivity contribution is -0.148. The summed E-state index contributed by atoms with van der Waals surface area (Å²) in [6.45, 7) is -1.52. The van der Waals surface area contributed by atoms with Crippen LogP contribution in [0.5, 0.6) is 5.88 Å². The van der Waals surface area contributed by atoms with Crippen LogP contribution < -0.4 is 10.1 Å². The fourth-order valence-corrected chi connectivity index (χ4v) is 1.22. The molecule has 2 heterocycles. The number of amides is 1. The number of hydrogen-bond donors (Lipinski definition) is 2. The van der Waals surface area contributed by atoms with Gasteiger partial charge in [-0.05, 0) is 11.3 Å². The highest BCUT2D eigenvalue weighted by Gasteiger charge is 2.41. The number of anilines is 1. The van der Waals surface area contributed by atoms with Crippen LogP contribution >= 0.6 is 0 Å². The van der Waals surface area contributed by atoms with Gasteiger partial charge in [-0.25, -0.2) is 13.8 Å².